The second-order valence-electron chi connectivity index (χ2n) is 4.79. The average molecular weight is 303 g/mol. The molecule has 0 radical (unpaired) electrons. The number of amides is 1. The van der Waals surface area contributed by atoms with Crippen LogP contribution in [0.1, 0.15) is 22.3 Å². The minimum atomic E-state index is -0.494. The Morgan fingerprint density at radius 3 is 3.00 bits per heavy atom. The Bertz CT molecular complexity index is 711. The molecule has 1 aliphatic heterocycles. The highest BCUT2D eigenvalue weighted by Gasteiger charge is 2.16. The number of carbonyl (C=O) groups is 1. The number of rotatable bonds is 3. The number of nitrogens with one attached hydrogen (secondary N) is 2. The molecule has 0 aliphatic carbocycles. The molecule has 1 aromatic carbocycles. The van der Waals surface area contributed by atoms with Crippen molar-refractivity contribution in [2.45, 2.75) is 12.8 Å². The number of hydrogen-bond donors (Lipinski definition) is 2. The highest BCUT2D eigenvalue weighted by Crippen LogP contribution is 2.26. The number of hydrogen-bond acceptors (Lipinski definition) is 5. The third kappa shape index (κ3) is 2.87. The zero-order valence-corrected chi connectivity index (χ0v) is 11.9. The summed E-state index contributed by atoms with van der Waals surface area (Å²) >= 11 is 0.949. The maximum atomic E-state index is 12.1. The summed E-state index contributed by atoms with van der Waals surface area (Å²) in [5, 5.41) is 18.2. The van der Waals surface area contributed by atoms with Crippen LogP contribution in [0.3, 0.4) is 0 Å². The van der Waals surface area contributed by atoms with E-state index < -0.39 is 4.92 Å². The molecule has 1 aliphatic rings. The van der Waals surface area contributed by atoms with Gasteiger partial charge in [-0.05, 0) is 36.6 Å². The van der Waals surface area contributed by atoms with Crippen molar-refractivity contribution in [2.24, 2.45) is 0 Å². The van der Waals surface area contributed by atoms with Gasteiger partial charge in [-0.25, -0.2) is 0 Å². The van der Waals surface area contributed by atoms with Crippen LogP contribution in [0.5, 0.6) is 0 Å². The lowest BCUT2D eigenvalue weighted by atomic mass is 10.0. The summed E-state index contributed by atoms with van der Waals surface area (Å²) in [6.07, 6.45) is 2.05. The van der Waals surface area contributed by atoms with Gasteiger partial charge in [-0.3, -0.25) is 14.9 Å². The van der Waals surface area contributed by atoms with Gasteiger partial charge in [0.05, 0.1) is 10.5 Å². The van der Waals surface area contributed by atoms with Gasteiger partial charge in [0.25, 0.3) is 5.91 Å². The lowest BCUT2D eigenvalue weighted by Gasteiger charge is -2.18. The highest BCUT2D eigenvalue weighted by atomic mass is 32.1. The SMILES string of the molecule is O=C(Nc1ccc2c(c1)CCCN2)c1csc([N+](=O)[O-])c1. The lowest BCUT2D eigenvalue weighted by Crippen LogP contribution is -2.14. The molecule has 7 heteroatoms. The Labute approximate surface area is 124 Å². The van der Waals surface area contributed by atoms with Gasteiger partial charge in [-0.15, -0.1) is 0 Å². The summed E-state index contributed by atoms with van der Waals surface area (Å²) in [5.41, 5.74) is 3.29. The average Bonchev–Trinajstić information content (AvgIpc) is 2.97. The van der Waals surface area contributed by atoms with Crippen LogP contribution in [0.4, 0.5) is 16.4 Å². The number of fused-ring (bicyclic) bond motifs is 1. The van der Waals surface area contributed by atoms with Gasteiger partial charge in [-0.2, -0.15) is 0 Å². The summed E-state index contributed by atoms with van der Waals surface area (Å²) in [4.78, 5) is 22.2. The predicted octanol–water partition coefficient (Wildman–Crippen LogP) is 3.27. The molecule has 0 atom stereocenters. The minimum absolute atomic E-state index is 0.0326. The quantitative estimate of drug-likeness (QED) is 0.673. The van der Waals surface area contributed by atoms with E-state index in [-0.39, 0.29) is 10.9 Å². The van der Waals surface area contributed by atoms with Gasteiger partial charge in [0.1, 0.15) is 0 Å². The molecule has 2 N–H and O–H groups in total. The Balaban J connectivity index is 1.76. The summed E-state index contributed by atoms with van der Waals surface area (Å²) in [6.45, 7) is 0.970. The van der Waals surface area contributed by atoms with E-state index in [4.69, 9.17) is 0 Å². The molecule has 6 nitrogen and oxygen atoms in total. The highest BCUT2D eigenvalue weighted by molar-refractivity contribution is 7.13. The third-order valence-electron chi connectivity index (χ3n) is 3.33. The summed E-state index contributed by atoms with van der Waals surface area (Å²) in [6, 6.07) is 7.01. The first-order valence-electron chi connectivity index (χ1n) is 6.54. The molecule has 2 aromatic rings. The zero-order chi connectivity index (χ0) is 14.8. The van der Waals surface area contributed by atoms with Crippen LogP contribution in [0.2, 0.25) is 0 Å². The zero-order valence-electron chi connectivity index (χ0n) is 11.1. The first-order chi connectivity index (χ1) is 10.1. The van der Waals surface area contributed by atoms with Crippen LogP contribution in [0.25, 0.3) is 0 Å². The van der Waals surface area contributed by atoms with Crippen molar-refractivity contribution in [1.29, 1.82) is 0 Å². The molecule has 0 unspecified atom stereocenters. The minimum Gasteiger partial charge on any atom is -0.385 e. The van der Waals surface area contributed by atoms with Crippen LogP contribution >= 0.6 is 11.3 Å². The number of carbonyl (C=O) groups excluding carboxylic acids is 1. The second-order valence-corrected chi connectivity index (χ2v) is 5.68. The first-order valence-corrected chi connectivity index (χ1v) is 7.42. The molecule has 1 amide bonds. The van der Waals surface area contributed by atoms with E-state index in [1.54, 1.807) is 0 Å². The smallest absolute Gasteiger partial charge is 0.324 e. The molecule has 2 heterocycles. The van der Waals surface area contributed by atoms with Crippen LogP contribution in [-0.2, 0) is 6.42 Å². The van der Waals surface area contributed by atoms with Crippen molar-refractivity contribution in [3.05, 3.63) is 50.9 Å². The van der Waals surface area contributed by atoms with E-state index in [0.717, 1.165) is 36.4 Å². The van der Waals surface area contributed by atoms with Crippen molar-refractivity contribution in [2.75, 3.05) is 17.2 Å². The van der Waals surface area contributed by atoms with E-state index in [1.165, 1.54) is 17.0 Å². The molecule has 0 fully saturated rings. The number of anilines is 2. The van der Waals surface area contributed by atoms with Gasteiger partial charge < -0.3 is 10.6 Å². The maximum Gasteiger partial charge on any atom is 0.324 e. The van der Waals surface area contributed by atoms with Gasteiger partial charge in [0.15, 0.2) is 0 Å². The van der Waals surface area contributed by atoms with Crippen molar-refractivity contribution in [3.63, 3.8) is 0 Å². The van der Waals surface area contributed by atoms with Crippen LogP contribution in [0, 0.1) is 10.1 Å². The molecule has 0 saturated carbocycles. The van der Waals surface area contributed by atoms with Crippen molar-refractivity contribution >= 4 is 33.6 Å². The second kappa shape index (κ2) is 5.53. The van der Waals surface area contributed by atoms with Crippen LogP contribution < -0.4 is 10.6 Å². The van der Waals surface area contributed by atoms with Gasteiger partial charge in [0.2, 0.25) is 0 Å². The predicted molar refractivity (Wildman–Crippen MR) is 82.2 cm³/mol. The fraction of sp³-hybridized carbons (Fsp3) is 0.214. The third-order valence-corrected chi connectivity index (χ3v) is 4.21. The molecule has 108 valence electrons. The summed E-state index contributed by atoms with van der Waals surface area (Å²) < 4.78 is 0. The molecular weight excluding hydrogens is 290 g/mol. The van der Waals surface area contributed by atoms with Gasteiger partial charge >= 0.3 is 5.00 Å². The van der Waals surface area contributed by atoms with Crippen molar-refractivity contribution in [1.82, 2.24) is 0 Å². The Hall–Kier alpha value is -2.41. The van der Waals surface area contributed by atoms with Gasteiger partial charge in [-0.1, -0.05) is 11.3 Å². The van der Waals surface area contributed by atoms with Crippen molar-refractivity contribution < 1.29 is 9.72 Å². The van der Waals surface area contributed by atoms with E-state index >= 15 is 0 Å². The molecule has 21 heavy (non-hydrogen) atoms. The summed E-state index contributed by atoms with van der Waals surface area (Å²) in [5.74, 6) is -0.330. The van der Waals surface area contributed by atoms with Crippen LogP contribution in [-0.4, -0.2) is 17.4 Å². The van der Waals surface area contributed by atoms with Gasteiger partial charge in [0, 0.05) is 29.4 Å². The fourth-order valence-corrected chi connectivity index (χ4v) is 3.00. The Kier molecular flexibility index (Phi) is 3.57. The van der Waals surface area contributed by atoms with Crippen LogP contribution in [0.15, 0.2) is 29.6 Å². The number of thiophene rings is 1. The number of aryl methyl sites for hydroxylation is 1. The topological polar surface area (TPSA) is 84.3 Å². The Morgan fingerprint density at radius 2 is 2.24 bits per heavy atom. The summed E-state index contributed by atoms with van der Waals surface area (Å²) in [7, 11) is 0. The maximum absolute atomic E-state index is 12.1. The normalized spacial score (nSPS) is 13.1. The van der Waals surface area contributed by atoms with E-state index in [9.17, 15) is 14.9 Å². The monoisotopic (exact) mass is 303 g/mol. The van der Waals surface area contributed by atoms with E-state index in [1.807, 2.05) is 18.2 Å². The number of nitro groups is 1. The molecule has 0 spiro atoms. The van der Waals surface area contributed by atoms with E-state index in [2.05, 4.69) is 10.6 Å². The number of nitrogens with zero attached hydrogens (tertiary/aromatic N) is 1. The first kappa shape index (κ1) is 13.6. The molecule has 1 aromatic heterocycles. The number of benzene rings is 1. The molecule has 0 saturated heterocycles. The van der Waals surface area contributed by atoms with E-state index in [0.29, 0.717) is 11.3 Å². The largest absolute Gasteiger partial charge is 0.385 e. The van der Waals surface area contributed by atoms with Crippen molar-refractivity contribution in [3.8, 4) is 0 Å². The Morgan fingerprint density at radius 1 is 1.38 bits per heavy atom. The lowest BCUT2D eigenvalue weighted by molar-refractivity contribution is -0.380. The molecule has 3 rings (SSSR count). The molecule has 0 bridgehead atoms. The standard InChI is InChI=1S/C14H13N3O3S/c18-14(10-7-13(17(19)20)21-8-10)16-11-3-4-12-9(6-11)2-1-5-15-12/h3-4,6-8,15H,1-2,5H2,(H,16,18). The fourth-order valence-electron chi connectivity index (χ4n) is 2.30. The molecular formula is C14H13N3O3S.